The third-order valence-electron chi connectivity index (χ3n) is 6.34. The van der Waals surface area contributed by atoms with Crippen LogP contribution in [0.5, 0.6) is 11.5 Å². The average Bonchev–Trinajstić information content (AvgIpc) is 3.28. The molecule has 1 amide bonds. The van der Waals surface area contributed by atoms with Crippen LogP contribution in [0.15, 0.2) is 42.9 Å². The van der Waals surface area contributed by atoms with Crippen molar-refractivity contribution in [1.82, 2.24) is 29.6 Å². The van der Waals surface area contributed by atoms with Crippen LogP contribution in [0.4, 0.5) is 17.3 Å². The summed E-state index contributed by atoms with van der Waals surface area (Å²) in [5.74, 6) is 1.84. The third kappa shape index (κ3) is 4.47. The van der Waals surface area contributed by atoms with Gasteiger partial charge in [-0.05, 0) is 12.1 Å². The molecule has 0 aliphatic carbocycles. The van der Waals surface area contributed by atoms with Crippen LogP contribution in [-0.4, -0.2) is 75.9 Å². The molecule has 0 spiro atoms. The van der Waals surface area contributed by atoms with E-state index in [1.54, 1.807) is 44.4 Å². The summed E-state index contributed by atoms with van der Waals surface area (Å²) in [4.78, 5) is 29.3. The zero-order valence-electron chi connectivity index (χ0n) is 20.7. The fourth-order valence-electron chi connectivity index (χ4n) is 4.37. The minimum absolute atomic E-state index is 0.0945. The van der Waals surface area contributed by atoms with Crippen LogP contribution in [-0.2, 0) is 11.8 Å². The number of rotatable bonds is 6. The Kier molecular flexibility index (Phi) is 6.28. The summed E-state index contributed by atoms with van der Waals surface area (Å²) < 4.78 is 13.1. The fraction of sp³-hybridized carbons (Fsp3) is 0.320. The van der Waals surface area contributed by atoms with Crippen molar-refractivity contribution in [2.45, 2.75) is 6.92 Å². The second-order valence-electron chi connectivity index (χ2n) is 8.51. The van der Waals surface area contributed by atoms with Gasteiger partial charge in [0.25, 0.3) is 0 Å². The number of carbonyl (C=O) groups excluding carboxylic acids is 1. The van der Waals surface area contributed by atoms with Gasteiger partial charge >= 0.3 is 0 Å². The minimum Gasteiger partial charge on any atom is -0.494 e. The Labute approximate surface area is 208 Å². The van der Waals surface area contributed by atoms with Gasteiger partial charge in [0.15, 0.2) is 5.65 Å². The molecule has 3 aromatic heterocycles. The van der Waals surface area contributed by atoms with Crippen LogP contribution < -0.4 is 19.7 Å². The fourth-order valence-corrected chi connectivity index (χ4v) is 4.37. The zero-order valence-corrected chi connectivity index (χ0v) is 20.7. The molecule has 11 nitrogen and oxygen atoms in total. The van der Waals surface area contributed by atoms with Gasteiger partial charge in [-0.15, -0.1) is 0 Å². The van der Waals surface area contributed by atoms with Gasteiger partial charge < -0.3 is 24.6 Å². The van der Waals surface area contributed by atoms with Crippen LogP contribution in [0.1, 0.15) is 6.92 Å². The highest BCUT2D eigenvalue weighted by molar-refractivity contribution is 5.80. The summed E-state index contributed by atoms with van der Waals surface area (Å²) in [5.41, 5.74) is 4.00. The Bertz CT molecular complexity index is 1410. The predicted molar refractivity (Wildman–Crippen MR) is 137 cm³/mol. The number of benzene rings is 1. The predicted octanol–water partition coefficient (Wildman–Crippen LogP) is 2.85. The largest absolute Gasteiger partial charge is 0.494 e. The van der Waals surface area contributed by atoms with Crippen molar-refractivity contribution in [2.24, 2.45) is 7.05 Å². The number of pyridine rings is 1. The van der Waals surface area contributed by atoms with E-state index in [0.717, 1.165) is 28.0 Å². The molecule has 186 valence electrons. The van der Waals surface area contributed by atoms with Crippen molar-refractivity contribution >= 4 is 34.3 Å². The maximum Gasteiger partial charge on any atom is 0.227 e. The molecule has 11 heteroatoms. The molecule has 1 fully saturated rings. The number of aryl methyl sites for hydroxylation is 1. The van der Waals surface area contributed by atoms with Crippen molar-refractivity contribution in [1.29, 1.82) is 0 Å². The number of anilines is 3. The van der Waals surface area contributed by atoms with Gasteiger partial charge in [-0.25, -0.2) is 15.0 Å². The van der Waals surface area contributed by atoms with E-state index in [0.29, 0.717) is 49.3 Å². The second kappa shape index (κ2) is 9.68. The number of fused-ring (bicyclic) bond motifs is 1. The number of carbonyl (C=O) groups is 1. The lowest BCUT2D eigenvalue weighted by Crippen LogP contribution is -2.48. The summed E-state index contributed by atoms with van der Waals surface area (Å²) in [6, 6.07) is 7.66. The number of piperazine rings is 1. The van der Waals surface area contributed by atoms with E-state index in [2.05, 4.69) is 30.3 Å². The smallest absolute Gasteiger partial charge is 0.227 e. The number of aromatic nitrogens is 5. The molecular formula is C25H28N8O3. The van der Waals surface area contributed by atoms with Crippen molar-refractivity contribution in [3.63, 3.8) is 0 Å². The maximum atomic E-state index is 11.7. The molecule has 1 aromatic carbocycles. The number of hydrogen-bond donors (Lipinski definition) is 1. The van der Waals surface area contributed by atoms with Crippen molar-refractivity contribution in [2.75, 3.05) is 50.6 Å². The van der Waals surface area contributed by atoms with E-state index < -0.39 is 0 Å². The molecule has 0 atom stereocenters. The molecule has 1 aliphatic rings. The maximum absolute atomic E-state index is 11.7. The number of methoxy groups -OCH3 is 2. The first-order valence-corrected chi connectivity index (χ1v) is 11.6. The average molecular weight is 489 g/mol. The number of hydrogen-bond acceptors (Lipinski definition) is 9. The molecule has 0 bridgehead atoms. The van der Waals surface area contributed by atoms with E-state index in [-0.39, 0.29) is 5.91 Å². The van der Waals surface area contributed by atoms with E-state index in [4.69, 9.17) is 9.47 Å². The van der Waals surface area contributed by atoms with Crippen LogP contribution in [0.2, 0.25) is 0 Å². The topological polar surface area (TPSA) is 111 Å². The van der Waals surface area contributed by atoms with Crippen LogP contribution in [0, 0.1) is 0 Å². The van der Waals surface area contributed by atoms with Gasteiger partial charge in [0.05, 0.1) is 37.5 Å². The first-order chi connectivity index (χ1) is 17.5. The molecule has 36 heavy (non-hydrogen) atoms. The molecule has 1 N–H and O–H groups in total. The van der Waals surface area contributed by atoms with E-state index in [1.165, 1.54) is 0 Å². The zero-order chi connectivity index (χ0) is 25.2. The first kappa shape index (κ1) is 23.3. The molecule has 4 heterocycles. The quantitative estimate of drug-likeness (QED) is 0.438. The highest BCUT2D eigenvalue weighted by Crippen LogP contribution is 2.40. The number of ether oxygens (including phenoxy) is 2. The monoisotopic (exact) mass is 488 g/mol. The summed E-state index contributed by atoms with van der Waals surface area (Å²) in [5, 5.41) is 8.46. The number of amides is 1. The minimum atomic E-state index is 0.0945. The number of nitrogens with zero attached hydrogens (tertiary/aromatic N) is 7. The van der Waals surface area contributed by atoms with Crippen molar-refractivity contribution in [3.8, 4) is 22.8 Å². The number of nitrogens with one attached hydrogen (secondary N) is 1. The van der Waals surface area contributed by atoms with Crippen LogP contribution in [0.25, 0.3) is 22.3 Å². The standard InChI is InChI=1S/C25H28N8O3/c1-16(34)32-7-9-33(10-8-32)21-13-22(35-3)20(12-23(21)36-4)30-25-26-6-5-19(29-25)17-11-18-15-28-31(2)24(18)27-14-17/h5-6,11-15H,7-10H2,1-4H3,(H,26,29,30). The van der Waals surface area contributed by atoms with Crippen molar-refractivity contribution in [3.05, 3.63) is 42.9 Å². The van der Waals surface area contributed by atoms with Gasteiger partial charge in [0.1, 0.15) is 11.5 Å². The molecule has 0 radical (unpaired) electrons. The lowest BCUT2D eigenvalue weighted by atomic mass is 10.2. The van der Waals surface area contributed by atoms with Crippen LogP contribution in [0.3, 0.4) is 0 Å². The summed E-state index contributed by atoms with van der Waals surface area (Å²) in [7, 11) is 5.12. The summed E-state index contributed by atoms with van der Waals surface area (Å²) in [6.07, 6.45) is 5.26. The first-order valence-electron chi connectivity index (χ1n) is 11.6. The molecule has 1 aliphatic heterocycles. The summed E-state index contributed by atoms with van der Waals surface area (Å²) >= 11 is 0. The van der Waals surface area contributed by atoms with Gasteiger partial charge in [-0.1, -0.05) is 0 Å². The lowest BCUT2D eigenvalue weighted by molar-refractivity contribution is -0.129. The molecule has 1 saturated heterocycles. The van der Waals surface area contributed by atoms with E-state index in [1.807, 2.05) is 36.2 Å². The summed E-state index contributed by atoms with van der Waals surface area (Å²) in [6.45, 7) is 4.37. The van der Waals surface area contributed by atoms with Gasteiger partial charge in [-0.3, -0.25) is 9.48 Å². The molecule has 5 rings (SSSR count). The highest BCUT2D eigenvalue weighted by Gasteiger charge is 2.23. The Hall–Kier alpha value is -4.41. The normalized spacial score (nSPS) is 13.7. The van der Waals surface area contributed by atoms with Crippen molar-refractivity contribution < 1.29 is 14.3 Å². The second-order valence-corrected chi connectivity index (χ2v) is 8.51. The third-order valence-corrected chi connectivity index (χ3v) is 6.34. The van der Waals surface area contributed by atoms with Gasteiger partial charge in [0, 0.05) is 75.6 Å². The molecule has 0 unspecified atom stereocenters. The van der Waals surface area contributed by atoms with E-state index in [9.17, 15) is 4.79 Å². The molecule has 0 saturated carbocycles. The Morgan fingerprint density at radius 3 is 2.50 bits per heavy atom. The van der Waals surface area contributed by atoms with Gasteiger partial charge in [0.2, 0.25) is 11.9 Å². The Morgan fingerprint density at radius 2 is 1.78 bits per heavy atom. The van der Waals surface area contributed by atoms with Crippen LogP contribution >= 0.6 is 0 Å². The molecular weight excluding hydrogens is 460 g/mol. The highest BCUT2D eigenvalue weighted by atomic mass is 16.5. The van der Waals surface area contributed by atoms with E-state index >= 15 is 0 Å². The SMILES string of the molecule is COc1cc(N2CCN(C(C)=O)CC2)c(OC)cc1Nc1nccc(-c2cnc3c(cnn3C)c2)n1. The Morgan fingerprint density at radius 1 is 1.00 bits per heavy atom. The Balaban J connectivity index is 1.41. The molecule has 4 aromatic rings. The lowest BCUT2D eigenvalue weighted by Gasteiger charge is -2.36. The van der Waals surface area contributed by atoms with Gasteiger partial charge in [-0.2, -0.15) is 5.10 Å².